The van der Waals surface area contributed by atoms with E-state index in [0.29, 0.717) is 6.54 Å². The van der Waals surface area contributed by atoms with Gasteiger partial charge in [-0.1, -0.05) is 0 Å². The van der Waals surface area contributed by atoms with Crippen molar-refractivity contribution in [1.82, 2.24) is 4.90 Å². The van der Waals surface area contributed by atoms with Crippen molar-refractivity contribution in [2.24, 2.45) is 5.73 Å². The number of hydrogen-bond acceptors (Lipinski definition) is 4. The maximum atomic E-state index is 9.67. The van der Waals surface area contributed by atoms with E-state index in [1.807, 2.05) is 0 Å². The van der Waals surface area contributed by atoms with Crippen LogP contribution in [0.5, 0.6) is 0 Å². The zero-order valence-electron chi connectivity index (χ0n) is 10.3. The van der Waals surface area contributed by atoms with Crippen molar-refractivity contribution in [3.8, 4) is 0 Å². The second-order valence-corrected chi connectivity index (χ2v) is 4.45. The molecular formula is C11H26N2O2. The van der Waals surface area contributed by atoms with Crippen molar-refractivity contribution in [3.63, 3.8) is 0 Å². The predicted molar refractivity (Wildman–Crippen MR) is 62.9 cm³/mol. The molecule has 0 aromatic heterocycles. The molecule has 0 fully saturated rings. The van der Waals surface area contributed by atoms with E-state index in [1.165, 1.54) is 0 Å². The Morgan fingerprint density at radius 3 is 2.53 bits per heavy atom. The van der Waals surface area contributed by atoms with Crippen molar-refractivity contribution in [1.29, 1.82) is 0 Å². The smallest absolute Gasteiger partial charge is 0.0741 e. The van der Waals surface area contributed by atoms with E-state index in [4.69, 9.17) is 10.5 Å². The van der Waals surface area contributed by atoms with Gasteiger partial charge in [0.15, 0.2) is 0 Å². The molecule has 0 radical (unpaired) electrons. The van der Waals surface area contributed by atoms with E-state index in [-0.39, 0.29) is 0 Å². The van der Waals surface area contributed by atoms with Crippen molar-refractivity contribution in [2.75, 3.05) is 40.4 Å². The first-order chi connectivity index (χ1) is 7.02. The van der Waals surface area contributed by atoms with E-state index in [9.17, 15) is 5.11 Å². The third-order valence-electron chi connectivity index (χ3n) is 2.62. The number of nitrogens with zero attached hydrogens (tertiary/aromatic N) is 1. The quantitative estimate of drug-likeness (QED) is 0.552. The van der Waals surface area contributed by atoms with Gasteiger partial charge in [-0.3, -0.25) is 0 Å². The molecule has 0 spiro atoms. The maximum absolute atomic E-state index is 9.67. The number of unbranched alkanes of at least 4 members (excludes halogenated alkanes) is 1. The summed E-state index contributed by atoms with van der Waals surface area (Å²) in [6.45, 7) is 4.92. The van der Waals surface area contributed by atoms with Gasteiger partial charge < -0.3 is 20.5 Å². The Morgan fingerprint density at radius 1 is 1.33 bits per heavy atom. The van der Waals surface area contributed by atoms with Crippen molar-refractivity contribution in [2.45, 2.75) is 31.8 Å². The molecule has 1 atom stereocenters. The fourth-order valence-electron chi connectivity index (χ4n) is 1.35. The summed E-state index contributed by atoms with van der Waals surface area (Å²) in [6.07, 6.45) is 2.89. The second kappa shape index (κ2) is 8.05. The van der Waals surface area contributed by atoms with Crippen LogP contribution in [0, 0.1) is 0 Å². The first-order valence-electron chi connectivity index (χ1n) is 5.62. The Kier molecular flexibility index (Phi) is 7.96. The van der Waals surface area contributed by atoms with Crippen molar-refractivity contribution in [3.05, 3.63) is 0 Å². The number of rotatable bonds is 9. The minimum absolute atomic E-state index is 0.340. The van der Waals surface area contributed by atoms with Gasteiger partial charge in [-0.25, -0.2) is 0 Å². The van der Waals surface area contributed by atoms with Crippen LogP contribution in [0.3, 0.4) is 0 Å². The second-order valence-electron chi connectivity index (χ2n) is 4.45. The third kappa shape index (κ3) is 8.81. The molecule has 0 aromatic carbocycles. The van der Waals surface area contributed by atoms with Crippen LogP contribution in [0.1, 0.15) is 26.2 Å². The molecule has 1 unspecified atom stereocenters. The summed E-state index contributed by atoms with van der Waals surface area (Å²) in [4.78, 5) is 2.24. The van der Waals surface area contributed by atoms with Crippen LogP contribution in [0.2, 0.25) is 0 Å². The summed E-state index contributed by atoms with van der Waals surface area (Å²) in [6, 6.07) is 0. The number of methoxy groups -OCH3 is 1. The molecule has 0 saturated carbocycles. The normalized spacial score (nSPS) is 15.6. The summed E-state index contributed by atoms with van der Waals surface area (Å²) in [7, 11) is 3.80. The average Bonchev–Trinajstić information content (AvgIpc) is 2.21. The Bertz CT molecular complexity index is 152. The zero-order chi connectivity index (χ0) is 11.7. The van der Waals surface area contributed by atoms with Crippen LogP contribution < -0.4 is 5.73 Å². The van der Waals surface area contributed by atoms with Crippen LogP contribution in [0.15, 0.2) is 0 Å². The molecule has 4 heteroatoms. The molecule has 0 heterocycles. The van der Waals surface area contributed by atoms with Gasteiger partial charge in [0.2, 0.25) is 0 Å². The third-order valence-corrected chi connectivity index (χ3v) is 2.62. The number of nitrogens with two attached hydrogens (primary N) is 1. The molecule has 0 aliphatic heterocycles. The van der Waals surface area contributed by atoms with E-state index in [2.05, 4.69) is 11.9 Å². The average molecular weight is 218 g/mol. The highest BCUT2D eigenvalue weighted by Crippen LogP contribution is 2.11. The lowest BCUT2D eigenvalue weighted by Gasteiger charge is -2.21. The molecule has 0 aliphatic rings. The van der Waals surface area contributed by atoms with Gasteiger partial charge in [-0.05, 0) is 39.8 Å². The highest BCUT2D eigenvalue weighted by atomic mass is 16.5. The Labute approximate surface area is 93.4 Å². The summed E-state index contributed by atoms with van der Waals surface area (Å²) in [5.74, 6) is 0. The number of ether oxygens (including phenoxy) is 1. The fourth-order valence-corrected chi connectivity index (χ4v) is 1.35. The van der Waals surface area contributed by atoms with Crippen LogP contribution in [0.25, 0.3) is 0 Å². The lowest BCUT2D eigenvalue weighted by atomic mass is 9.99. The molecule has 0 bridgehead atoms. The summed E-state index contributed by atoms with van der Waals surface area (Å²) in [5, 5.41) is 9.67. The van der Waals surface area contributed by atoms with Crippen molar-refractivity contribution < 1.29 is 9.84 Å². The number of hydrogen-bond donors (Lipinski definition) is 2. The minimum atomic E-state index is -0.689. The minimum Gasteiger partial charge on any atom is -0.389 e. The first-order valence-corrected chi connectivity index (χ1v) is 5.62. The molecule has 0 amide bonds. The van der Waals surface area contributed by atoms with Gasteiger partial charge in [0.1, 0.15) is 0 Å². The highest BCUT2D eigenvalue weighted by molar-refractivity contribution is 4.72. The highest BCUT2D eigenvalue weighted by Gasteiger charge is 2.16. The van der Waals surface area contributed by atoms with Gasteiger partial charge in [-0.2, -0.15) is 0 Å². The summed E-state index contributed by atoms with van der Waals surface area (Å²) < 4.78 is 4.99. The Balaban J connectivity index is 3.37. The largest absolute Gasteiger partial charge is 0.389 e. The van der Waals surface area contributed by atoms with E-state index >= 15 is 0 Å². The van der Waals surface area contributed by atoms with Crippen molar-refractivity contribution >= 4 is 0 Å². The van der Waals surface area contributed by atoms with E-state index < -0.39 is 5.60 Å². The van der Waals surface area contributed by atoms with Gasteiger partial charge in [0, 0.05) is 20.2 Å². The first kappa shape index (κ1) is 14.8. The molecule has 0 aromatic rings. The predicted octanol–water partition coefficient (Wildman–Crippen LogP) is 0.445. The number of likely N-dealkylation sites (N-methyl/N-ethyl adjacent to an activating group) is 1. The van der Waals surface area contributed by atoms with E-state index in [1.54, 1.807) is 14.0 Å². The standard InChI is InChI=1S/C11H26N2O2/c1-11(14,10-12)6-4-5-7-13(2)8-9-15-3/h14H,4-10,12H2,1-3H3. The molecule has 0 saturated heterocycles. The molecule has 4 nitrogen and oxygen atoms in total. The molecule has 0 rings (SSSR count). The topological polar surface area (TPSA) is 58.7 Å². The zero-order valence-corrected chi connectivity index (χ0v) is 10.3. The summed E-state index contributed by atoms with van der Waals surface area (Å²) in [5.41, 5.74) is 4.75. The molecule has 15 heavy (non-hydrogen) atoms. The molecule has 0 aliphatic carbocycles. The van der Waals surface area contributed by atoms with Gasteiger partial charge in [0.25, 0.3) is 0 Å². The molecular weight excluding hydrogens is 192 g/mol. The van der Waals surface area contributed by atoms with E-state index in [0.717, 1.165) is 39.0 Å². The Hall–Kier alpha value is -0.160. The van der Waals surface area contributed by atoms with Gasteiger partial charge in [-0.15, -0.1) is 0 Å². The maximum Gasteiger partial charge on any atom is 0.0741 e. The lowest BCUT2D eigenvalue weighted by Crippen LogP contribution is -2.34. The van der Waals surface area contributed by atoms with Crippen LogP contribution >= 0.6 is 0 Å². The van der Waals surface area contributed by atoms with Gasteiger partial charge >= 0.3 is 0 Å². The van der Waals surface area contributed by atoms with Crippen LogP contribution in [0.4, 0.5) is 0 Å². The fraction of sp³-hybridized carbons (Fsp3) is 1.00. The Morgan fingerprint density at radius 2 is 2.00 bits per heavy atom. The van der Waals surface area contributed by atoms with Crippen LogP contribution in [-0.2, 0) is 4.74 Å². The molecule has 92 valence electrons. The lowest BCUT2D eigenvalue weighted by molar-refractivity contribution is 0.0563. The van der Waals surface area contributed by atoms with Gasteiger partial charge in [0.05, 0.1) is 12.2 Å². The SMILES string of the molecule is COCCN(C)CCCCC(C)(O)CN. The molecule has 3 N–H and O–H groups in total. The van der Waals surface area contributed by atoms with Crippen LogP contribution in [-0.4, -0.2) is 56.0 Å². The summed E-state index contributed by atoms with van der Waals surface area (Å²) >= 11 is 0. The monoisotopic (exact) mass is 218 g/mol. The number of aliphatic hydroxyl groups is 1.